The molecule has 0 aromatic heterocycles. The molecular formula is C76H151N2O6P. The molecule has 0 bridgehead atoms. The largest absolute Gasteiger partial charge is 0.756 e. The predicted octanol–water partition coefficient (Wildman–Crippen LogP) is 24.0. The zero-order chi connectivity index (χ0) is 61.9. The molecule has 0 saturated heterocycles. The van der Waals surface area contributed by atoms with Gasteiger partial charge in [0.15, 0.2) is 0 Å². The average molecular weight is 1220 g/mol. The second-order valence-electron chi connectivity index (χ2n) is 27.7. The van der Waals surface area contributed by atoms with Gasteiger partial charge in [-0.05, 0) is 44.9 Å². The molecule has 85 heavy (non-hydrogen) atoms. The number of rotatable bonds is 72. The fourth-order valence-corrected chi connectivity index (χ4v) is 12.7. The van der Waals surface area contributed by atoms with Crippen LogP contribution < -0.4 is 10.2 Å². The Labute approximate surface area is 532 Å². The number of likely N-dealkylation sites (N-methyl/N-ethyl adjacent to an activating group) is 1. The Morgan fingerprint density at radius 1 is 0.412 bits per heavy atom. The summed E-state index contributed by atoms with van der Waals surface area (Å²) in [7, 11) is 1.33. The molecule has 0 aliphatic heterocycles. The first-order valence-corrected chi connectivity index (χ1v) is 39.6. The molecule has 0 aromatic carbocycles. The molecule has 0 fully saturated rings. The third-order valence-electron chi connectivity index (χ3n) is 17.9. The fraction of sp³-hybridized carbons (Fsp3) is 0.934. The van der Waals surface area contributed by atoms with Gasteiger partial charge in [0, 0.05) is 6.42 Å². The van der Waals surface area contributed by atoms with Crippen molar-refractivity contribution in [3.8, 4) is 0 Å². The van der Waals surface area contributed by atoms with E-state index in [0.29, 0.717) is 23.9 Å². The number of quaternary nitrogens is 1. The summed E-state index contributed by atoms with van der Waals surface area (Å²) >= 11 is 0. The summed E-state index contributed by atoms with van der Waals surface area (Å²) in [5, 5.41) is 14.1. The molecule has 2 N–H and O–H groups in total. The second-order valence-corrected chi connectivity index (χ2v) is 29.1. The van der Waals surface area contributed by atoms with Crippen molar-refractivity contribution >= 4 is 13.7 Å². The van der Waals surface area contributed by atoms with Gasteiger partial charge in [0.25, 0.3) is 7.82 Å². The molecule has 3 atom stereocenters. The van der Waals surface area contributed by atoms with Gasteiger partial charge in [-0.1, -0.05) is 378 Å². The summed E-state index contributed by atoms with van der Waals surface area (Å²) < 4.78 is 23.6. The molecule has 3 unspecified atom stereocenters. The number of carbonyl (C=O) groups excluding carboxylic acids is 1. The van der Waals surface area contributed by atoms with Crippen LogP contribution >= 0.6 is 7.82 Å². The Balaban J connectivity index is 3.86. The number of amides is 1. The van der Waals surface area contributed by atoms with Crippen LogP contribution in [0, 0.1) is 0 Å². The van der Waals surface area contributed by atoms with Crippen molar-refractivity contribution in [3.63, 3.8) is 0 Å². The fourth-order valence-electron chi connectivity index (χ4n) is 12.0. The van der Waals surface area contributed by atoms with Crippen LogP contribution in [0.15, 0.2) is 24.3 Å². The Morgan fingerprint density at radius 2 is 0.682 bits per heavy atom. The van der Waals surface area contributed by atoms with Crippen molar-refractivity contribution in [3.05, 3.63) is 24.3 Å². The number of unbranched alkanes of at least 4 members (excludes halogenated alkanes) is 55. The quantitative estimate of drug-likeness (QED) is 0.0272. The highest BCUT2D eigenvalue weighted by atomic mass is 31.2. The standard InChI is InChI=1S/C76H151N2O6P/c1-6-8-10-12-14-16-18-20-22-24-26-28-30-31-32-33-34-35-36-37-38-39-40-41-42-43-44-45-46-47-48-50-52-54-56-58-60-62-64-66-68-70-76(80)77-74(73-84-85(81,82)83-72-71-78(3,4)5)75(79)69-67-65-63-61-59-57-55-53-51-49-29-27-25-23-21-19-17-15-13-11-9-7-2/h18,20,24,26,74-75,79H,6-17,19,21-23,25,27-73H2,1-5H3,(H-,77,80,81,82)/b20-18-,26-24-. The number of phosphoric acid groups is 1. The molecule has 0 aliphatic rings. The Morgan fingerprint density at radius 3 is 0.976 bits per heavy atom. The van der Waals surface area contributed by atoms with E-state index in [0.717, 1.165) is 44.9 Å². The van der Waals surface area contributed by atoms with Gasteiger partial charge >= 0.3 is 0 Å². The molecule has 0 spiro atoms. The highest BCUT2D eigenvalue weighted by Gasteiger charge is 2.24. The van der Waals surface area contributed by atoms with Crippen LogP contribution in [0.1, 0.15) is 406 Å². The molecule has 9 heteroatoms. The smallest absolute Gasteiger partial charge is 0.268 e. The maximum Gasteiger partial charge on any atom is 0.268 e. The first-order chi connectivity index (χ1) is 41.5. The van der Waals surface area contributed by atoms with Gasteiger partial charge in [0.05, 0.1) is 39.9 Å². The van der Waals surface area contributed by atoms with E-state index in [9.17, 15) is 19.4 Å². The van der Waals surface area contributed by atoms with Crippen LogP contribution in [0.25, 0.3) is 0 Å². The Kier molecular flexibility index (Phi) is 66.6. The molecule has 0 rings (SSSR count). The van der Waals surface area contributed by atoms with E-state index in [4.69, 9.17) is 9.05 Å². The van der Waals surface area contributed by atoms with Gasteiger partial charge < -0.3 is 28.8 Å². The Bertz CT molecular complexity index is 1430. The van der Waals surface area contributed by atoms with Crippen molar-refractivity contribution < 1.29 is 32.9 Å². The van der Waals surface area contributed by atoms with E-state index in [1.165, 1.54) is 334 Å². The van der Waals surface area contributed by atoms with Crippen molar-refractivity contribution in [2.24, 2.45) is 0 Å². The normalized spacial score (nSPS) is 13.6. The van der Waals surface area contributed by atoms with Crippen LogP contribution in [-0.2, 0) is 18.4 Å². The first-order valence-electron chi connectivity index (χ1n) is 38.2. The number of carbonyl (C=O) groups is 1. The van der Waals surface area contributed by atoms with E-state index in [-0.39, 0.29) is 19.1 Å². The highest BCUT2D eigenvalue weighted by molar-refractivity contribution is 7.45. The highest BCUT2D eigenvalue weighted by Crippen LogP contribution is 2.38. The number of hydrogen-bond donors (Lipinski definition) is 2. The molecule has 0 heterocycles. The molecule has 0 aliphatic carbocycles. The van der Waals surface area contributed by atoms with Gasteiger partial charge in [-0.15, -0.1) is 0 Å². The van der Waals surface area contributed by atoms with Crippen LogP contribution in [0.4, 0.5) is 0 Å². The number of nitrogens with zero attached hydrogens (tertiary/aromatic N) is 1. The van der Waals surface area contributed by atoms with E-state index in [1.807, 2.05) is 21.1 Å². The van der Waals surface area contributed by atoms with Crippen LogP contribution in [-0.4, -0.2) is 68.5 Å². The van der Waals surface area contributed by atoms with Crippen molar-refractivity contribution in [1.82, 2.24) is 5.32 Å². The summed E-state index contributed by atoms with van der Waals surface area (Å²) in [5.74, 6) is -0.154. The lowest BCUT2D eigenvalue weighted by atomic mass is 10.0. The monoisotopic (exact) mass is 1220 g/mol. The minimum absolute atomic E-state index is 0.0159. The number of phosphoric ester groups is 1. The third-order valence-corrected chi connectivity index (χ3v) is 18.9. The van der Waals surface area contributed by atoms with E-state index in [2.05, 4.69) is 43.5 Å². The molecule has 506 valence electrons. The minimum Gasteiger partial charge on any atom is -0.756 e. The predicted molar refractivity (Wildman–Crippen MR) is 372 cm³/mol. The maximum atomic E-state index is 13.1. The molecule has 1 amide bonds. The summed E-state index contributed by atoms with van der Waals surface area (Å²) in [5.41, 5.74) is 0. The lowest BCUT2D eigenvalue weighted by Gasteiger charge is -2.30. The van der Waals surface area contributed by atoms with Crippen LogP contribution in [0.2, 0.25) is 0 Å². The maximum absolute atomic E-state index is 13.1. The van der Waals surface area contributed by atoms with E-state index in [1.54, 1.807) is 0 Å². The van der Waals surface area contributed by atoms with Gasteiger partial charge in [0.1, 0.15) is 13.2 Å². The zero-order valence-corrected chi connectivity index (χ0v) is 59.0. The molecule has 8 nitrogen and oxygen atoms in total. The number of aliphatic hydroxyl groups is 1. The van der Waals surface area contributed by atoms with Crippen molar-refractivity contribution in [2.75, 3.05) is 40.9 Å². The van der Waals surface area contributed by atoms with Gasteiger partial charge in [-0.2, -0.15) is 0 Å². The summed E-state index contributed by atoms with van der Waals surface area (Å²) in [6, 6.07) is -0.799. The van der Waals surface area contributed by atoms with Gasteiger partial charge in [-0.25, -0.2) is 0 Å². The number of aliphatic hydroxyl groups excluding tert-OH is 1. The zero-order valence-electron chi connectivity index (χ0n) is 58.1. The Hall–Kier alpha value is -1.02. The summed E-state index contributed by atoms with van der Waals surface area (Å²) in [6.07, 6.45) is 88.6. The number of nitrogens with one attached hydrogen (secondary N) is 1. The van der Waals surface area contributed by atoms with Crippen molar-refractivity contribution in [2.45, 2.75) is 418 Å². The second kappa shape index (κ2) is 67.4. The number of hydrogen-bond acceptors (Lipinski definition) is 6. The van der Waals surface area contributed by atoms with E-state index < -0.39 is 20.0 Å². The minimum atomic E-state index is -4.58. The average Bonchev–Trinajstić information content (AvgIpc) is 3.48. The van der Waals surface area contributed by atoms with Gasteiger partial charge in [-0.3, -0.25) is 9.36 Å². The summed E-state index contributed by atoms with van der Waals surface area (Å²) in [6.45, 7) is 4.78. The van der Waals surface area contributed by atoms with Gasteiger partial charge in [0.2, 0.25) is 5.91 Å². The number of allylic oxidation sites excluding steroid dienone is 4. The molecule has 0 radical (unpaired) electrons. The van der Waals surface area contributed by atoms with Crippen LogP contribution in [0.3, 0.4) is 0 Å². The lowest BCUT2D eigenvalue weighted by Crippen LogP contribution is -2.46. The van der Waals surface area contributed by atoms with Crippen LogP contribution in [0.5, 0.6) is 0 Å². The summed E-state index contributed by atoms with van der Waals surface area (Å²) in [4.78, 5) is 25.7. The third kappa shape index (κ3) is 70.3. The SMILES string of the molecule is CCCCCCC/C=C\C/C=C\CCCCCCCCCCCCCCCCCCCCCCCCCCCCCCCC(=O)NC(COP(=O)([O-])OCC[N+](C)(C)C)C(O)CCCCCCCCCCCCCCCCCCCCCCCC. The molecular weight excluding hydrogens is 1070 g/mol. The van der Waals surface area contributed by atoms with Crippen molar-refractivity contribution in [1.29, 1.82) is 0 Å². The molecule has 0 saturated carbocycles. The van der Waals surface area contributed by atoms with E-state index >= 15 is 0 Å². The lowest BCUT2D eigenvalue weighted by molar-refractivity contribution is -0.870. The first kappa shape index (κ1) is 84.0. The topological polar surface area (TPSA) is 108 Å². The molecule has 0 aromatic rings.